The molecule has 1 saturated heterocycles. The first-order chi connectivity index (χ1) is 9.35. The fourth-order valence-electron chi connectivity index (χ4n) is 3.57. The maximum Gasteiger partial charge on any atom is 0.0555 e. The summed E-state index contributed by atoms with van der Waals surface area (Å²) in [7, 11) is 0. The average Bonchev–Trinajstić information content (AvgIpc) is 2.99. The third-order valence-corrected chi connectivity index (χ3v) is 4.50. The topological polar surface area (TPSA) is 29.3 Å². The number of nitrogens with two attached hydrogens (primary N) is 1. The summed E-state index contributed by atoms with van der Waals surface area (Å²) in [6.07, 6.45) is 4.36. The zero-order chi connectivity index (χ0) is 13.1. The minimum atomic E-state index is 0.429. The molecule has 2 unspecified atom stereocenters. The predicted molar refractivity (Wildman–Crippen MR) is 78.5 cm³/mol. The molecule has 2 atom stereocenters. The van der Waals surface area contributed by atoms with Gasteiger partial charge in [-0.05, 0) is 42.4 Å². The fourth-order valence-corrected chi connectivity index (χ4v) is 3.57. The van der Waals surface area contributed by atoms with Crippen molar-refractivity contribution < 1.29 is 0 Å². The Morgan fingerprint density at radius 1 is 1.11 bits per heavy atom. The highest BCUT2D eigenvalue weighted by Crippen LogP contribution is 2.38. The standard InChI is InChI=1S/C17H22N2/c18-10-2-3-14-6-8-15(9-7-14)11-19-12-16-4-1-5-17(16)13-19/h6-9,16-17H,1,4-5,10-13,18H2. The molecule has 1 aromatic rings. The van der Waals surface area contributed by atoms with E-state index in [1.165, 1.54) is 37.9 Å². The summed E-state index contributed by atoms with van der Waals surface area (Å²) in [5, 5.41) is 0. The second-order valence-corrected chi connectivity index (χ2v) is 5.85. The highest BCUT2D eigenvalue weighted by molar-refractivity contribution is 5.36. The van der Waals surface area contributed by atoms with Crippen molar-refractivity contribution >= 4 is 0 Å². The van der Waals surface area contributed by atoms with Crippen LogP contribution in [0.25, 0.3) is 0 Å². The number of benzene rings is 1. The smallest absolute Gasteiger partial charge is 0.0555 e. The van der Waals surface area contributed by atoms with Crippen molar-refractivity contribution in [2.75, 3.05) is 19.6 Å². The van der Waals surface area contributed by atoms with Crippen LogP contribution in [0, 0.1) is 23.7 Å². The fraction of sp³-hybridized carbons (Fsp3) is 0.529. The van der Waals surface area contributed by atoms with Gasteiger partial charge in [0.1, 0.15) is 0 Å². The van der Waals surface area contributed by atoms with Crippen molar-refractivity contribution in [3.8, 4) is 11.8 Å². The van der Waals surface area contributed by atoms with Crippen LogP contribution in [-0.2, 0) is 6.54 Å². The molecule has 0 spiro atoms. The second kappa shape index (κ2) is 5.77. The van der Waals surface area contributed by atoms with Crippen LogP contribution in [0.5, 0.6) is 0 Å². The molecule has 2 N–H and O–H groups in total. The maximum atomic E-state index is 5.38. The van der Waals surface area contributed by atoms with Gasteiger partial charge in [0.2, 0.25) is 0 Å². The van der Waals surface area contributed by atoms with Gasteiger partial charge in [0, 0.05) is 25.2 Å². The van der Waals surface area contributed by atoms with Gasteiger partial charge >= 0.3 is 0 Å². The summed E-state index contributed by atoms with van der Waals surface area (Å²) in [5.41, 5.74) is 7.84. The highest BCUT2D eigenvalue weighted by Gasteiger charge is 2.35. The molecule has 1 heterocycles. The monoisotopic (exact) mass is 254 g/mol. The molecule has 3 rings (SSSR count). The van der Waals surface area contributed by atoms with Crippen molar-refractivity contribution in [2.45, 2.75) is 25.8 Å². The summed E-state index contributed by atoms with van der Waals surface area (Å²) in [5.74, 6) is 7.92. The van der Waals surface area contributed by atoms with Gasteiger partial charge in [0.05, 0.1) is 6.54 Å². The third-order valence-electron chi connectivity index (χ3n) is 4.50. The number of likely N-dealkylation sites (tertiary alicyclic amines) is 1. The van der Waals surface area contributed by atoms with Crippen LogP contribution in [-0.4, -0.2) is 24.5 Å². The molecular weight excluding hydrogens is 232 g/mol. The average molecular weight is 254 g/mol. The van der Waals surface area contributed by atoms with Crippen LogP contribution in [0.3, 0.4) is 0 Å². The molecule has 1 saturated carbocycles. The Bertz CT molecular complexity index is 468. The minimum absolute atomic E-state index is 0.429. The summed E-state index contributed by atoms with van der Waals surface area (Å²) < 4.78 is 0. The van der Waals surface area contributed by atoms with Gasteiger partial charge in [-0.15, -0.1) is 0 Å². The van der Waals surface area contributed by atoms with Gasteiger partial charge in [0.25, 0.3) is 0 Å². The summed E-state index contributed by atoms with van der Waals surface area (Å²) >= 11 is 0. The first-order valence-electron chi connectivity index (χ1n) is 7.35. The van der Waals surface area contributed by atoms with E-state index in [0.29, 0.717) is 6.54 Å². The van der Waals surface area contributed by atoms with E-state index in [-0.39, 0.29) is 0 Å². The summed E-state index contributed by atoms with van der Waals surface area (Å²) in [4.78, 5) is 2.62. The lowest BCUT2D eigenvalue weighted by molar-refractivity contribution is 0.303. The number of fused-ring (bicyclic) bond motifs is 1. The van der Waals surface area contributed by atoms with E-state index in [1.54, 1.807) is 0 Å². The quantitative estimate of drug-likeness (QED) is 0.820. The SMILES string of the molecule is NCC#Cc1ccc(CN2CC3CCCC3C2)cc1. The molecule has 19 heavy (non-hydrogen) atoms. The van der Waals surface area contributed by atoms with E-state index in [1.807, 2.05) is 0 Å². The van der Waals surface area contributed by atoms with Crippen molar-refractivity contribution in [3.63, 3.8) is 0 Å². The van der Waals surface area contributed by atoms with Gasteiger partial charge in [-0.2, -0.15) is 0 Å². The van der Waals surface area contributed by atoms with Crippen LogP contribution < -0.4 is 5.73 Å². The summed E-state index contributed by atoms with van der Waals surface area (Å²) in [6, 6.07) is 8.62. The molecule has 0 amide bonds. The van der Waals surface area contributed by atoms with Gasteiger partial charge < -0.3 is 5.73 Å². The lowest BCUT2D eigenvalue weighted by Crippen LogP contribution is -2.20. The van der Waals surface area contributed by atoms with Crippen LogP contribution >= 0.6 is 0 Å². The molecular formula is C17H22N2. The highest BCUT2D eigenvalue weighted by atomic mass is 15.2. The van der Waals surface area contributed by atoms with Crippen LogP contribution in [0.2, 0.25) is 0 Å². The largest absolute Gasteiger partial charge is 0.320 e. The zero-order valence-electron chi connectivity index (χ0n) is 11.4. The van der Waals surface area contributed by atoms with Gasteiger partial charge in [-0.1, -0.05) is 30.4 Å². The molecule has 1 aliphatic heterocycles. The lowest BCUT2D eigenvalue weighted by Gasteiger charge is -2.16. The Hall–Kier alpha value is -1.30. The maximum absolute atomic E-state index is 5.38. The van der Waals surface area contributed by atoms with Crippen LogP contribution in [0.15, 0.2) is 24.3 Å². The first-order valence-corrected chi connectivity index (χ1v) is 7.35. The van der Waals surface area contributed by atoms with Crippen molar-refractivity contribution in [1.29, 1.82) is 0 Å². The van der Waals surface area contributed by atoms with Crippen molar-refractivity contribution in [3.05, 3.63) is 35.4 Å². The molecule has 100 valence electrons. The van der Waals surface area contributed by atoms with Crippen LogP contribution in [0.4, 0.5) is 0 Å². The Kier molecular flexibility index (Phi) is 3.87. The lowest BCUT2D eigenvalue weighted by atomic mass is 10.0. The number of hydrogen-bond donors (Lipinski definition) is 1. The van der Waals surface area contributed by atoms with Gasteiger partial charge in [-0.25, -0.2) is 0 Å². The third kappa shape index (κ3) is 3.00. The molecule has 0 bridgehead atoms. The number of hydrogen-bond acceptors (Lipinski definition) is 2. The Morgan fingerprint density at radius 2 is 1.79 bits per heavy atom. The van der Waals surface area contributed by atoms with Gasteiger partial charge in [-0.3, -0.25) is 4.90 Å². The zero-order valence-corrected chi connectivity index (χ0v) is 11.4. The molecule has 1 aliphatic carbocycles. The van der Waals surface area contributed by atoms with E-state index in [4.69, 9.17) is 5.73 Å². The molecule has 0 radical (unpaired) electrons. The normalized spacial score (nSPS) is 25.9. The molecule has 0 aromatic heterocycles. The van der Waals surface area contributed by atoms with Crippen LogP contribution in [0.1, 0.15) is 30.4 Å². The molecule has 1 aromatic carbocycles. The minimum Gasteiger partial charge on any atom is -0.320 e. The Morgan fingerprint density at radius 3 is 2.42 bits per heavy atom. The van der Waals surface area contributed by atoms with Crippen molar-refractivity contribution in [2.24, 2.45) is 17.6 Å². The summed E-state index contributed by atoms with van der Waals surface area (Å²) in [6.45, 7) is 4.13. The molecule has 2 aliphatic rings. The predicted octanol–water partition coefficient (Wildman–Crippen LogP) is 2.23. The van der Waals surface area contributed by atoms with E-state index in [9.17, 15) is 0 Å². The first kappa shape index (κ1) is 12.7. The van der Waals surface area contributed by atoms with E-state index in [0.717, 1.165) is 23.9 Å². The number of rotatable bonds is 2. The van der Waals surface area contributed by atoms with E-state index in [2.05, 4.69) is 41.0 Å². The second-order valence-electron chi connectivity index (χ2n) is 5.85. The molecule has 2 heteroatoms. The number of nitrogens with zero attached hydrogens (tertiary/aromatic N) is 1. The van der Waals surface area contributed by atoms with E-state index >= 15 is 0 Å². The Labute approximate surface area is 116 Å². The van der Waals surface area contributed by atoms with E-state index < -0.39 is 0 Å². The Balaban J connectivity index is 1.58. The van der Waals surface area contributed by atoms with Crippen molar-refractivity contribution in [1.82, 2.24) is 4.90 Å². The molecule has 2 nitrogen and oxygen atoms in total. The molecule has 2 fully saturated rings. The van der Waals surface area contributed by atoms with Gasteiger partial charge in [0.15, 0.2) is 0 Å².